The van der Waals surface area contributed by atoms with Gasteiger partial charge in [0.15, 0.2) is 0 Å². The molecule has 8 nitrogen and oxygen atoms in total. The lowest BCUT2D eigenvalue weighted by Gasteiger charge is -2.19. The van der Waals surface area contributed by atoms with Gasteiger partial charge in [-0.05, 0) is 81.1 Å². The van der Waals surface area contributed by atoms with Crippen molar-refractivity contribution in [1.82, 2.24) is 10.6 Å². The maximum absolute atomic E-state index is 11.7. The minimum Gasteiger partial charge on any atom is -0.444 e. The van der Waals surface area contributed by atoms with Crippen molar-refractivity contribution in [2.24, 2.45) is 11.5 Å². The highest BCUT2D eigenvalue weighted by molar-refractivity contribution is 9.11. The van der Waals surface area contributed by atoms with Crippen molar-refractivity contribution in [1.29, 1.82) is 0 Å². The molecule has 2 rings (SSSR count). The SMILES string of the molecule is C=C(/C(=C/CNC(=O)OC(C)(C)C)CC)c1ccc(NC(N)N)cc1N.C=C(Br)CNCCc1cccc(Cl)c1. The third-order valence-corrected chi connectivity index (χ3v) is 5.78. The molecule has 2 aromatic rings. The summed E-state index contributed by atoms with van der Waals surface area (Å²) >= 11 is 9.16. The van der Waals surface area contributed by atoms with Crippen LogP contribution in [-0.4, -0.2) is 37.6 Å². The van der Waals surface area contributed by atoms with Gasteiger partial charge in [0, 0.05) is 39.5 Å². The Bertz CT molecular complexity index is 1160. The number of ether oxygens (including phenoxy) is 1. The lowest BCUT2D eigenvalue weighted by Crippen LogP contribution is -2.38. The second-order valence-corrected chi connectivity index (χ2v) is 11.5. The van der Waals surface area contributed by atoms with Crippen LogP contribution >= 0.6 is 27.5 Å². The third kappa shape index (κ3) is 15.1. The van der Waals surface area contributed by atoms with E-state index in [1.807, 2.05) is 64.1 Å². The third-order valence-electron chi connectivity index (χ3n) is 5.27. The summed E-state index contributed by atoms with van der Waals surface area (Å²) in [6, 6.07) is 13.4. The molecule has 9 N–H and O–H groups in total. The van der Waals surface area contributed by atoms with Crippen molar-refractivity contribution >= 4 is 50.6 Å². The van der Waals surface area contributed by atoms with Gasteiger partial charge in [0.05, 0.1) is 0 Å². The standard InChI is InChI=1S/C19H31N5O2.C11H13BrClN/c1-6-13(9-10-23-18(25)26-19(3,4)5)12(2)15-8-7-14(11-16(15)20)24-17(21)22;1-9(12)8-14-6-5-10-3-2-4-11(13)7-10/h7-9,11,17,24H,2,6,10,20-22H2,1,3-5H3,(H,23,25);2-4,7,14H,1,5-6,8H2/b13-9+;. The molecule has 40 heavy (non-hydrogen) atoms. The van der Waals surface area contributed by atoms with E-state index in [-0.39, 0.29) is 0 Å². The summed E-state index contributed by atoms with van der Waals surface area (Å²) in [5.41, 5.74) is 21.8. The Hall–Kier alpha value is -2.82. The summed E-state index contributed by atoms with van der Waals surface area (Å²) < 4.78 is 6.19. The number of rotatable bonds is 12. The molecule has 10 heteroatoms. The van der Waals surface area contributed by atoms with Gasteiger partial charge in [-0.2, -0.15) is 0 Å². The number of anilines is 2. The Labute approximate surface area is 252 Å². The molecule has 0 fully saturated rings. The number of hydrogen-bond acceptors (Lipinski definition) is 7. The lowest BCUT2D eigenvalue weighted by atomic mass is 9.95. The number of amides is 1. The number of benzene rings is 2. The zero-order valence-corrected chi connectivity index (χ0v) is 26.3. The van der Waals surface area contributed by atoms with Gasteiger partial charge < -0.3 is 26.4 Å². The first-order valence-electron chi connectivity index (χ1n) is 13.0. The average Bonchev–Trinajstić information content (AvgIpc) is 2.83. The summed E-state index contributed by atoms with van der Waals surface area (Å²) in [6.45, 7) is 17.5. The first-order valence-corrected chi connectivity index (χ1v) is 14.2. The largest absolute Gasteiger partial charge is 0.444 e. The number of hydrogen-bond donors (Lipinski definition) is 6. The van der Waals surface area contributed by atoms with Crippen LogP contribution in [0.4, 0.5) is 16.2 Å². The maximum Gasteiger partial charge on any atom is 0.407 e. The Kier molecular flexibility index (Phi) is 15.7. The Morgan fingerprint density at radius 2 is 1.88 bits per heavy atom. The first-order chi connectivity index (χ1) is 18.7. The van der Waals surface area contributed by atoms with Crippen LogP contribution in [-0.2, 0) is 11.2 Å². The van der Waals surface area contributed by atoms with E-state index in [1.54, 1.807) is 6.07 Å². The van der Waals surface area contributed by atoms with Crippen molar-refractivity contribution in [3.8, 4) is 0 Å². The second kappa shape index (κ2) is 17.8. The van der Waals surface area contributed by atoms with E-state index in [9.17, 15) is 4.79 Å². The van der Waals surface area contributed by atoms with Gasteiger partial charge in [-0.15, -0.1) is 0 Å². The maximum atomic E-state index is 11.7. The smallest absolute Gasteiger partial charge is 0.407 e. The highest BCUT2D eigenvalue weighted by Crippen LogP contribution is 2.30. The van der Waals surface area contributed by atoms with E-state index < -0.39 is 18.0 Å². The number of nitrogen functional groups attached to an aromatic ring is 1. The zero-order chi connectivity index (χ0) is 30.3. The number of allylic oxidation sites excluding steroid dienone is 2. The van der Waals surface area contributed by atoms with Gasteiger partial charge in [0.2, 0.25) is 0 Å². The first kappa shape index (κ1) is 35.2. The molecule has 220 valence electrons. The number of alkyl carbamates (subject to hydrolysis) is 1. The summed E-state index contributed by atoms with van der Waals surface area (Å²) in [7, 11) is 0. The number of halogens is 2. The molecule has 0 bridgehead atoms. The van der Waals surface area contributed by atoms with Gasteiger partial charge in [-0.3, -0.25) is 11.5 Å². The molecular formula is C30H44BrClN6O2. The molecule has 0 unspecified atom stereocenters. The van der Waals surface area contributed by atoms with Crippen LogP contribution < -0.4 is 33.2 Å². The van der Waals surface area contributed by atoms with E-state index in [4.69, 9.17) is 33.5 Å². The monoisotopic (exact) mass is 634 g/mol. The van der Waals surface area contributed by atoms with Crippen LogP contribution in [0.2, 0.25) is 5.02 Å². The summed E-state index contributed by atoms with van der Waals surface area (Å²) in [4.78, 5) is 11.7. The Morgan fingerprint density at radius 1 is 1.18 bits per heavy atom. The van der Waals surface area contributed by atoms with Crippen LogP contribution in [0.25, 0.3) is 5.57 Å². The fourth-order valence-corrected chi connectivity index (χ4v) is 3.91. The lowest BCUT2D eigenvalue weighted by molar-refractivity contribution is 0.0534. The molecule has 0 atom stereocenters. The molecule has 0 aromatic heterocycles. The van der Waals surface area contributed by atoms with Gasteiger partial charge in [0.1, 0.15) is 11.9 Å². The highest BCUT2D eigenvalue weighted by atomic mass is 79.9. The van der Waals surface area contributed by atoms with E-state index in [1.165, 1.54) is 5.56 Å². The average molecular weight is 636 g/mol. The van der Waals surface area contributed by atoms with E-state index in [0.717, 1.165) is 57.8 Å². The van der Waals surface area contributed by atoms with Gasteiger partial charge in [-0.1, -0.05) is 71.9 Å². The van der Waals surface area contributed by atoms with Crippen molar-refractivity contribution in [2.75, 3.05) is 30.7 Å². The molecule has 2 aromatic carbocycles. The molecule has 0 spiro atoms. The number of nitrogens with two attached hydrogens (primary N) is 3. The number of carbonyl (C=O) groups is 1. The quantitative estimate of drug-likeness (QED) is 0.0713. The predicted molar refractivity (Wildman–Crippen MR) is 174 cm³/mol. The normalized spacial score (nSPS) is 11.4. The zero-order valence-electron chi connectivity index (χ0n) is 24.0. The molecular weight excluding hydrogens is 592 g/mol. The van der Waals surface area contributed by atoms with Crippen molar-refractivity contribution in [3.63, 3.8) is 0 Å². The van der Waals surface area contributed by atoms with Gasteiger partial charge in [-0.25, -0.2) is 4.79 Å². The molecule has 0 saturated heterocycles. The highest BCUT2D eigenvalue weighted by Gasteiger charge is 2.15. The predicted octanol–water partition coefficient (Wildman–Crippen LogP) is 6.14. The molecule has 0 aliphatic heterocycles. The fraction of sp³-hybridized carbons (Fsp3) is 0.367. The number of nitrogens with one attached hydrogen (secondary N) is 3. The minimum absolute atomic E-state index is 0.346. The van der Waals surface area contributed by atoms with Crippen LogP contribution in [0.3, 0.4) is 0 Å². The molecule has 0 aliphatic carbocycles. The van der Waals surface area contributed by atoms with Crippen molar-refractivity contribution in [3.05, 3.63) is 87.9 Å². The van der Waals surface area contributed by atoms with Crippen LogP contribution in [0.15, 0.2) is 71.8 Å². The van der Waals surface area contributed by atoms with Crippen LogP contribution in [0.5, 0.6) is 0 Å². The molecule has 0 saturated carbocycles. The van der Waals surface area contributed by atoms with E-state index in [2.05, 4.69) is 51.1 Å². The molecule has 0 aliphatic rings. The fourth-order valence-electron chi connectivity index (χ4n) is 3.49. The molecule has 0 heterocycles. The van der Waals surface area contributed by atoms with Crippen LogP contribution in [0, 0.1) is 0 Å². The van der Waals surface area contributed by atoms with E-state index >= 15 is 0 Å². The number of carbonyl (C=O) groups excluding carboxylic acids is 1. The minimum atomic E-state index is -0.659. The van der Waals surface area contributed by atoms with Crippen LogP contribution in [0.1, 0.15) is 45.2 Å². The summed E-state index contributed by atoms with van der Waals surface area (Å²) in [5, 5.41) is 9.66. The van der Waals surface area contributed by atoms with E-state index in [0.29, 0.717) is 12.2 Å². The molecule has 0 radical (unpaired) electrons. The Morgan fingerprint density at radius 3 is 2.42 bits per heavy atom. The molecule has 1 amide bonds. The summed E-state index contributed by atoms with van der Waals surface area (Å²) in [5.74, 6) is 0. The topological polar surface area (TPSA) is 140 Å². The Balaban J connectivity index is 0.000000479. The summed E-state index contributed by atoms with van der Waals surface area (Å²) in [6.07, 6.45) is 2.53. The van der Waals surface area contributed by atoms with Gasteiger partial charge >= 0.3 is 6.09 Å². The van der Waals surface area contributed by atoms with Crippen molar-refractivity contribution in [2.45, 2.75) is 52.4 Å². The van der Waals surface area contributed by atoms with Gasteiger partial charge in [0.25, 0.3) is 0 Å². The van der Waals surface area contributed by atoms with Crippen molar-refractivity contribution < 1.29 is 9.53 Å². The second-order valence-electron chi connectivity index (χ2n) is 9.99.